The SMILES string of the molecule is CCC(CC)c1c(C(=O)O)ccn1Cc1ccc(C)cc1. The van der Waals surface area contributed by atoms with Gasteiger partial charge in [0, 0.05) is 18.4 Å². The van der Waals surface area contributed by atoms with Crippen LogP contribution in [-0.2, 0) is 6.54 Å². The van der Waals surface area contributed by atoms with E-state index in [1.807, 2.05) is 6.20 Å². The number of hydrogen-bond donors (Lipinski definition) is 1. The fourth-order valence-corrected chi connectivity index (χ4v) is 2.82. The van der Waals surface area contributed by atoms with Crippen molar-refractivity contribution in [3.63, 3.8) is 0 Å². The summed E-state index contributed by atoms with van der Waals surface area (Å²) in [5, 5.41) is 9.41. The molecule has 112 valence electrons. The Hall–Kier alpha value is -2.03. The number of carboxylic acid groups (broad SMARTS) is 1. The number of aryl methyl sites for hydroxylation is 1. The smallest absolute Gasteiger partial charge is 0.337 e. The molecule has 1 heterocycles. The Kier molecular flexibility index (Phi) is 4.84. The van der Waals surface area contributed by atoms with Crippen LogP contribution in [0.15, 0.2) is 36.5 Å². The minimum atomic E-state index is -0.834. The summed E-state index contributed by atoms with van der Waals surface area (Å²) in [5.41, 5.74) is 3.82. The average molecular weight is 285 g/mol. The van der Waals surface area contributed by atoms with Gasteiger partial charge in [-0.15, -0.1) is 0 Å². The van der Waals surface area contributed by atoms with E-state index in [1.165, 1.54) is 11.1 Å². The summed E-state index contributed by atoms with van der Waals surface area (Å²) in [6.07, 6.45) is 3.81. The van der Waals surface area contributed by atoms with E-state index in [-0.39, 0.29) is 5.92 Å². The van der Waals surface area contributed by atoms with E-state index >= 15 is 0 Å². The first-order chi connectivity index (χ1) is 10.1. The standard InChI is InChI=1S/C18H23NO2/c1-4-15(5-2)17-16(18(20)21)10-11-19(17)12-14-8-6-13(3)7-9-14/h6-11,15H,4-5,12H2,1-3H3,(H,20,21). The van der Waals surface area contributed by atoms with E-state index in [1.54, 1.807) is 6.07 Å². The van der Waals surface area contributed by atoms with Gasteiger partial charge in [-0.3, -0.25) is 0 Å². The Balaban J connectivity index is 2.38. The van der Waals surface area contributed by atoms with Crippen molar-refractivity contribution in [1.82, 2.24) is 4.57 Å². The second-order valence-electron chi connectivity index (χ2n) is 5.55. The average Bonchev–Trinajstić information content (AvgIpc) is 2.87. The molecule has 0 unspecified atom stereocenters. The first-order valence-electron chi connectivity index (χ1n) is 7.54. The molecule has 0 saturated carbocycles. The zero-order valence-corrected chi connectivity index (χ0v) is 13.0. The second-order valence-corrected chi connectivity index (χ2v) is 5.55. The highest BCUT2D eigenvalue weighted by Gasteiger charge is 2.21. The number of hydrogen-bond acceptors (Lipinski definition) is 1. The predicted octanol–water partition coefficient (Wildman–Crippen LogP) is 4.45. The molecule has 3 heteroatoms. The van der Waals surface area contributed by atoms with Gasteiger partial charge >= 0.3 is 5.97 Å². The van der Waals surface area contributed by atoms with Crippen LogP contribution in [0.25, 0.3) is 0 Å². The molecule has 0 saturated heterocycles. The first-order valence-corrected chi connectivity index (χ1v) is 7.54. The number of aromatic nitrogens is 1. The predicted molar refractivity (Wildman–Crippen MR) is 85.0 cm³/mol. The highest BCUT2D eigenvalue weighted by atomic mass is 16.4. The fraction of sp³-hybridized carbons (Fsp3) is 0.389. The van der Waals surface area contributed by atoms with Crippen molar-refractivity contribution in [2.45, 2.75) is 46.1 Å². The monoisotopic (exact) mass is 285 g/mol. The summed E-state index contributed by atoms with van der Waals surface area (Å²) in [6.45, 7) is 7.02. The summed E-state index contributed by atoms with van der Waals surface area (Å²) in [6, 6.07) is 10.1. The van der Waals surface area contributed by atoms with Gasteiger partial charge in [0.1, 0.15) is 0 Å². The van der Waals surface area contributed by atoms with Crippen LogP contribution in [-0.4, -0.2) is 15.6 Å². The molecule has 0 aliphatic carbocycles. The van der Waals surface area contributed by atoms with Crippen LogP contribution >= 0.6 is 0 Å². The molecule has 0 radical (unpaired) electrons. The highest BCUT2D eigenvalue weighted by Crippen LogP contribution is 2.28. The van der Waals surface area contributed by atoms with Gasteiger partial charge in [-0.1, -0.05) is 43.7 Å². The number of rotatable bonds is 6. The molecular formula is C18H23NO2. The zero-order valence-electron chi connectivity index (χ0n) is 13.0. The second kappa shape index (κ2) is 6.61. The molecule has 21 heavy (non-hydrogen) atoms. The molecule has 0 amide bonds. The highest BCUT2D eigenvalue weighted by molar-refractivity contribution is 5.89. The lowest BCUT2D eigenvalue weighted by Gasteiger charge is -2.18. The van der Waals surface area contributed by atoms with E-state index in [9.17, 15) is 9.90 Å². The summed E-state index contributed by atoms with van der Waals surface area (Å²) in [7, 11) is 0. The van der Waals surface area contributed by atoms with Crippen LogP contribution in [0.4, 0.5) is 0 Å². The number of nitrogens with zero attached hydrogens (tertiary/aromatic N) is 1. The van der Waals surface area contributed by atoms with E-state index < -0.39 is 5.97 Å². The summed E-state index contributed by atoms with van der Waals surface area (Å²) < 4.78 is 2.09. The van der Waals surface area contributed by atoms with Crippen LogP contribution in [0.3, 0.4) is 0 Å². The molecule has 0 bridgehead atoms. The van der Waals surface area contributed by atoms with Crippen molar-refractivity contribution < 1.29 is 9.90 Å². The van der Waals surface area contributed by atoms with Crippen molar-refractivity contribution >= 4 is 5.97 Å². The third-order valence-corrected chi connectivity index (χ3v) is 4.08. The molecule has 3 nitrogen and oxygen atoms in total. The van der Waals surface area contributed by atoms with Gasteiger partial charge in [-0.05, 0) is 37.3 Å². The third kappa shape index (κ3) is 3.35. The topological polar surface area (TPSA) is 42.2 Å². The molecule has 0 spiro atoms. The van der Waals surface area contributed by atoms with Gasteiger partial charge in [-0.2, -0.15) is 0 Å². The largest absolute Gasteiger partial charge is 0.478 e. The first kappa shape index (κ1) is 15.4. The Morgan fingerprint density at radius 3 is 2.29 bits per heavy atom. The molecule has 1 N–H and O–H groups in total. The van der Waals surface area contributed by atoms with Gasteiger partial charge in [0.15, 0.2) is 0 Å². The fourth-order valence-electron chi connectivity index (χ4n) is 2.82. The lowest BCUT2D eigenvalue weighted by Crippen LogP contribution is -2.12. The maximum Gasteiger partial charge on any atom is 0.337 e. The van der Waals surface area contributed by atoms with Gasteiger partial charge in [0.2, 0.25) is 0 Å². The summed E-state index contributed by atoms with van der Waals surface area (Å²) in [5.74, 6) is -0.545. The van der Waals surface area contributed by atoms with E-state index in [0.717, 1.165) is 25.1 Å². The molecule has 2 aromatic rings. The quantitative estimate of drug-likeness (QED) is 0.852. The van der Waals surface area contributed by atoms with Crippen LogP contribution in [0.2, 0.25) is 0 Å². The number of carboxylic acids is 1. The molecular weight excluding hydrogens is 262 g/mol. The molecule has 0 aliphatic rings. The van der Waals surface area contributed by atoms with Crippen molar-refractivity contribution in [3.8, 4) is 0 Å². The molecule has 0 atom stereocenters. The van der Waals surface area contributed by atoms with Crippen LogP contribution in [0.5, 0.6) is 0 Å². The summed E-state index contributed by atoms with van der Waals surface area (Å²) >= 11 is 0. The van der Waals surface area contributed by atoms with Gasteiger partial charge < -0.3 is 9.67 Å². The Morgan fingerprint density at radius 1 is 1.14 bits per heavy atom. The number of aromatic carboxylic acids is 1. The van der Waals surface area contributed by atoms with E-state index in [4.69, 9.17) is 0 Å². The summed E-state index contributed by atoms with van der Waals surface area (Å²) in [4.78, 5) is 11.5. The van der Waals surface area contributed by atoms with Gasteiger partial charge in [0.25, 0.3) is 0 Å². The lowest BCUT2D eigenvalue weighted by molar-refractivity contribution is 0.0695. The third-order valence-electron chi connectivity index (χ3n) is 4.08. The van der Waals surface area contributed by atoms with E-state index in [2.05, 4.69) is 49.6 Å². The van der Waals surface area contributed by atoms with Gasteiger partial charge in [-0.25, -0.2) is 4.79 Å². The molecule has 2 rings (SSSR count). The van der Waals surface area contributed by atoms with Crippen LogP contribution in [0.1, 0.15) is 59.8 Å². The van der Waals surface area contributed by atoms with Gasteiger partial charge in [0.05, 0.1) is 5.56 Å². The molecule has 1 aromatic carbocycles. The minimum absolute atomic E-state index is 0.288. The maximum absolute atomic E-state index is 11.5. The maximum atomic E-state index is 11.5. The normalized spacial score (nSPS) is 11.0. The minimum Gasteiger partial charge on any atom is -0.478 e. The zero-order chi connectivity index (χ0) is 15.4. The Labute approximate surface area is 126 Å². The molecule has 1 aromatic heterocycles. The lowest BCUT2D eigenvalue weighted by atomic mass is 9.96. The Morgan fingerprint density at radius 2 is 1.76 bits per heavy atom. The van der Waals surface area contributed by atoms with Crippen molar-refractivity contribution in [2.24, 2.45) is 0 Å². The number of carbonyl (C=O) groups is 1. The van der Waals surface area contributed by atoms with Crippen molar-refractivity contribution in [2.75, 3.05) is 0 Å². The van der Waals surface area contributed by atoms with Crippen LogP contribution in [0, 0.1) is 6.92 Å². The number of benzene rings is 1. The van der Waals surface area contributed by atoms with E-state index in [0.29, 0.717) is 5.56 Å². The molecule has 0 fully saturated rings. The van der Waals surface area contributed by atoms with Crippen molar-refractivity contribution in [3.05, 3.63) is 58.9 Å². The van der Waals surface area contributed by atoms with Crippen molar-refractivity contribution in [1.29, 1.82) is 0 Å². The van der Waals surface area contributed by atoms with Crippen LogP contribution < -0.4 is 0 Å². The molecule has 0 aliphatic heterocycles. The Bertz CT molecular complexity index is 607.